The molecule has 1 heterocycles. The number of unbranched alkanes of at least 4 members (excludes halogenated alkanes) is 11. The van der Waals surface area contributed by atoms with Crippen molar-refractivity contribution < 1.29 is 19.5 Å². The fourth-order valence-corrected chi connectivity index (χ4v) is 6.55. The number of benzene rings is 2. The Balaban J connectivity index is 1.53. The molecule has 1 radical (unpaired) electrons. The van der Waals surface area contributed by atoms with Crippen molar-refractivity contribution in [2.24, 2.45) is 0 Å². The van der Waals surface area contributed by atoms with Gasteiger partial charge >= 0.3 is 5.97 Å². The third kappa shape index (κ3) is 10.2. The number of hydrogen-bond donors (Lipinski definition) is 0. The molecule has 0 bridgehead atoms. The van der Waals surface area contributed by atoms with E-state index in [0.717, 1.165) is 54.7 Å². The Labute approximate surface area is 268 Å². The van der Waals surface area contributed by atoms with Gasteiger partial charge < -0.3 is 9.47 Å². The molecule has 1 aliphatic rings. The van der Waals surface area contributed by atoms with Crippen LogP contribution in [-0.2, 0) is 9.94 Å². The Hall–Kier alpha value is -2.63. The summed E-state index contributed by atoms with van der Waals surface area (Å²) >= 11 is 0. The topological polar surface area (TPSA) is 58.7 Å². The second-order valence-electron chi connectivity index (χ2n) is 13.5. The molecule has 1 fully saturated rings. The highest BCUT2D eigenvalue weighted by molar-refractivity contribution is 5.90. The van der Waals surface area contributed by atoms with E-state index in [0.29, 0.717) is 17.7 Å². The van der Waals surface area contributed by atoms with Crippen LogP contribution in [0.15, 0.2) is 59.9 Å². The summed E-state index contributed by atoms with van der Waals surface area (Å²) in [5, 5.41) is 14.7. The summed E-state index contributed by atoms with van der Waals surface area (Å²) in [6.45, 7) is 13.0. The van der Waals surface area contributed by atoms with Crippen LogP contribution in [0.25, 0.3) is 11.1 Å². The van der Waals surface area contributed by atoms with Crippen LogP contribution in [0.1, 0.15) is 148 Å². The van der Waals surface area contributed by atoms with Gasteiger partial charge in [0.05, 0.1) is 23.2 Å². The normalized spacial score (nSPS) is 19.2. The number of hydroxylamine groups is 2. The van der Waals surface area contributed by atoms with Gasteiger partial charge in [0, 0.05) is 0 Å². The zero-order chi connectivity index (χ0) is 32.0. The van der Waals surface area contributed by atoms with Gasteiger partial charge in [0.1, 0.15) is 11.5 Å². The lowest BCUT2D eigenvalue weighted by atomic mass is 9.89. The second-order valence-corrected chi connectivity index (χ2v) is 13.5. The molecule has 1 atom stereocenters. The molecule has 44 heavy (non-hydrogen) atoms. The molecule has 0 spiro atoms. The van der Waals surface area contributed by atoms with Crippen LogP contribution in [0.2, 0.25) is 0 Å². The Kier molecular flexibility index (Phi) is 14.5. The summed E-state index contributed by atoms with van der Waals surface area (Å²) in [6.07, 6.45) is 17.6. The number of nitrogens with zero attached hydrogens (tertiary/aromatic N) is 1. The highest BCUT2D eigenvalue weighted by Gasteiger charge is 2.52. The Bertz CT molecular complexity index is 1170. The minimum Gasteiger partial charge on any atom is -0.494 e. The average molecular weight is 605 g/mol. The molecule has 5 heteroatoms. The van der Waals surface area contributed by atoms with Crippen molar-refractivity contribution in [1.82, 2.24) is 5.06 Å². The van der Waals surface area contributed by atoms with E-state index in [4.69, 9.17) is 9.47 Å². The average Bonchev–Trinajstić information content (AvgIpc) is 3.20. The van der Waals surface area contributed by atoms with E-state index in [9.17, 15) is 10.0 Å². The van der Waals surface area contributed by atoms with Gasteiger partial charge in [-0.1, -0.05) is 115 Å². The molecule has 0 aromatic heterocycles. The predicted molar refractivity (Wildman–Crippen MR) is 181 cm³/mol. The van der Waals surface area contributed by atoms with Gasteiger partial charge in [-0.15, -0.1) is 10.3 Å². The van der Waals surface area contributed by atoms with Crippen molar-refractivity contribution in [1.29, 1.82) is 0 Å². The van der Waals surface area contributed by atoms with E-state index in [1.165, 1.54) is 69.3 Å². The lowest BCUT2D eigenvalue weighted by Crippen LogP contribution is -2.46. The third-order valence-electron chi connectivity index (χ3n) is 9.36. The molecule has 243 valence electrons. The molecule has 0 aliphatic carbocycles. The predicted octanol–water partition coefficient (Wildman–Crippen LogP) is 11.3. The van der Waals surface area contributed by atoms with Crippen LogP contribution < -0.4 is 4.74 Å². The van der Waals surface area contributed by atoms with Crippen molar-refractivity contribution in [2.45, 2.75) is 149 Å². The monoisotopic (exact) mass is 604 g/mol. The summed E-state index contributed by atoms with van der Waals surface area (Å²) in [5.74, 6) is 1.04. The lowest BCUT2D eigenvalue weighted by Gasteiger charge is -2.34. The summed E-state index contributed by atoms with van der Waals surface area (Å²) in [5.41, 5.74) is 2.31. The molecule has 2 aromatic carbocycles. The van der Waals surface area contributed by atoms with E-state index >= 15 is 0 Å². The minimum atomic E-state index is -0.714. The van der Waals surface area contributed by atoms with E-state index in [-0.39, 0.29) is 0 Å². The van der Waals surface area contributed by atoms with E-state index in [1.807, 2.05) is 57.2 Å². The van der Waals surface area contributed by atoms with Crippen molar-refractivity contribution in [3.8, 4) is 16.9 Å². The summed E-state index contributed by atoms with van der Waals surface area (Å²) in [4.78, 5) is 13.1. The van der Waals surface area contributed by atoms with Crippen molar-refractivity contribution in [2.75, 3.05) is 6.61 Å². The maximum absolute atomic E-state index is 13.5. The lowest BCUT2D eigenvalue weighted by molar-refractivity contribution is -0.247. The molecule has 3 rings (SSSR count). The van der Waals surface area contributed by atoms with Crippen LogP contribution in [0.5, 0.6) is 5.75 Å². The number of esters is 1. The van der Waals surface area contributed by atoms with Crippen LogP contribution in [-0.4, -0.2) is 28.7 Å². The zero-order valence-electron chi connectivity index (χ0n) is 28.5. The highest BCUT2D eigenvalue weighted by Crippen LogP contribution is 2.47. The van der Waals surface area contributed by atoms with Gasteiger partial charge in [0.15, 0.2) is 0 Å². The first-order chi connectivity index (χ1) is 21.1. The van der Waals surface area contributed by atoms with Gasteiger partial charge in [-0.3, -0.25) is 0 Å². The quantitative estimate of drug-likeness (QED) is 0.0909. The number of rotatable bonds is 19. The van der Waals surface area contributed by atoms with Crippen LogP contribution in [0.3, 0.4) is 0 Å². The number of ether oxygens (including phenoxy) is 2. The summed E-state index contributed by atoms with van der Waals surface area (Å²) in [7, 11) is 0. The molecular weight excluding hydrogens is 546 g/mol. The van der Waals surface area contributed by atoms with Crippen molar-refractivity contribution >= 4 is 5.97 Å². The van der Waals surface area contributed by atoms with E-state index in [1.54, 1.807) is 0 Å². The number of carbonyl (C=O) groups is 1. The SMILES string of the molecule is CCCCCCCCC[C@@]1(C)C/C(=C(\C)OC(=O)c2ccc(-c3ccc(OCCCCCCCC)cc3)cc2)C(C)(C)N1[O]. The smallest absolute Gasteiger partial charge is 0.343 e. The third-order valence-corrected chi connectivity index (χ3v) is 9.36. The van der Waals surface area contributed by atoms with Crippen molar-refractivity contribution in [3.63, 3.8) is 0 Å². The zero-order valence-corrected chi connectivity index (χ0v) is 28.5. The highest BCUT2D eigenvalue weighted by atomic mass is 16.5. The number of hydrogen-bond acceptors (Lipinski definition) is 4. The fourth-order valence-electron chi connectivity index (χ4n) is 6.55. The first-order valence-corrected chi connectivity index (χ1v) is 17.4. The van der Waals surface area contributed by atoms with Gasteiger partial charge in [0.2, 0.25) is 0 Å². The molecule has 5 nitrogen and oxygen atoms in total. The molecule has 0 saturated carbocycles. The molecular formula is C39H58NO4. The van der Waals surface area contributed by atoms with Gasteiger partial charge in [-0.25, -0.2) is 4.79 Å². The van der Waals surface area contributed by atoms with Crippen LogP contribution >= 0.6 is 0 Å². The van der Waals surface area contributed by atoms with E-state index < -0.39 is 17.0 Å². The number of carbonyl (C=O) groups excluding carboxylic acids is 1. The fraction of sp³-hybridized carbons (Fsp3) is 0.615. The second kappa shape index (κ2) is 17.8. The molecule has 1 saturated heterocycles. The number of allylic oxidation sites excluding steroid dienone is 1. The standard InChI is InChI=1S/C39H58NO4/c1-7-9-11-13-15-16-18-28-39(6)30-36(38(4,5)40(39)42)31(3)44-37(41)34-22-20-32(21-23-34)33-24-26-35(27-25-33)43-29-19-17-14-12-10-8-2/h20-27H,7-19,28-30H2,1-6H3/b36-31-/t39-/m0/s1. The van der Waals surface area contributed by atoms with Crippen LogP contribution in [0, 0.1) is 0 Å². The molecule has 2 aromatic rings. The molecule has 1 aliphatic heterocycles. The van der Waals surface area contributed by atoms with Gasteiger partial charge in [-0.05, 0) is 87.9 Å². The maximum Gasteiger partial charge on any atom is 0.343 e. The van der Waals surface area contributed by atoms with E-state index in [2.05, 4.69) is 32.9 Å². The molecule has 0 unspecified atom stereocenters. The summed E-state index contributed by atoms with van der Waals surface area (Å²) in [6, 6.07) is 15.6. The Morgan fingerprint density at radius 3 is 1.80 bits per heavy atom. The Morgan fingerprint density at radius 1 is 0.727 bits per heavy atom. The van der Waals surface area contributed by atoms with Crippen LogP contribution in [0.4, 0.5) is 0 Å². The van der Waals surface area contributed by atoms with Gasteiger partial charge in [-0.2, -0.15) is 0 Å². The largest absolute Gasteiger partial charge is 0.494 e. The summed E-state index contributed by atoms with van der Waals surface area (Å²) < 4.78 is 11.8. The van der Waals surface area contributed by atoms with Gasteiger partial charge in [0.25, 0.3) is 0 Å². The molecule has 0 amide bonds. The molecule has 0 N–H and O–H groups in total. The van der Waals surface area contributed by atoms with Crippen molar-refractivity contribution in [3.05, 3.63) is 65.4 Å². The Morgan fingerprint density at radius 2 is 1.23 bits per heavy atom. The first-order valence-electron chi connectivity index (χ1n) is 17.4. The maximum atomic E-state index is 13.5. The minimum absolute atomic E-state index is 0.395. The first kappa shape index (κ1) is 35.8.